The summed E-state index contributed by atoms with van der Waals surface area (Å²) in [5, 5.41) is 15.9. The number of Topliss-reactive ketones (excluding diaryl/α,β-unsaturated/α-hetero) is 1. The van der Waals surface area contributed by atoms with E-state index in [4.69, 9.17) is 14.2 Å². The maximum absolute atomic E-state index is 13.2. The number of rotatable bonds is 15. The Labute approximate surface area is 259 Å². The van der Waals surface area contributed by atoms with Crippen LogP contribution in [0.2, 0.25) is 0 Å². The molecular weight excluding hydrogens is 580 g/mol. The molecule has 13 heteroatoms. The lowest BCUT2D eigenvalue weighted by Crippen LogP contribution is -2.48. The zero-order chi connectivity index (χ0) is 32.2. The molecule has 4 aromatic rings. The third kappa shape index (κ3) is 8.44. The second kappa shape index (κ2) is 15.7. The normalized spacial score (nSPS) is 11.2. The maximum atomic E-state index is 13.2. The number of methoxy groups -OCH3 is 3. The van der Waals surface area contributed by atoms with Gasteiger partial charge in [-0.05, 0) is 23.3 Å². The smallest absolute Gasteiger partial charge is 0.289 e. The molecule has 1 unspecified atom stereocenters. The van der Waals surface area contributed by atoms with Gasteiger partial charge in [0.15, 0.2) is 17.2 Å². The van der Waals surface area contributed by atoms with Crippen LogP contribution in [0.15, 0.2) is 79.0 Å². The fourth-order valence-corrected chi connectivity index (χ4v) is 4.49. The Kier molecular flexibility index (Phi) is 11.2. The average molecular weight is 615 g/mol. The van der Waals surface area contributed by atoms with Crippen LogP contribution in [-0.4, -0.2) is 72.4 Å². The zero-order valence-electron chi connectivity index (χ0n) is 25.1. The van der Waals surface area contributed by atoms with Crippen LogP contribution >= 0.6 is 0 Å². The van der Waals surface area contributed by atoms with Gasteiger partial charge in [0.2, 0.25) is 11.5 Å². The first-order valence-corrected chi connectivity index (χ1v) is 14.0. The lowest BCUT2D eigenvalue weighted by molar-refractivity contribution is -0.139. The Morgan fingerprint density at radius 2 is 1.44 bits per heavy atom. The second-order valence-electron chi connectivity index (χ2n) is 9.75. The van der Waals surface area contributed by atoms with Crippen molar-refractivity contribution in [1.82, 2.24) is 30.9 Å². The largest absolute Gasteiger partial charge is 0.493 e. The number of amides is 3. The number of hydrogen-bond acceptors (Lipinski definition) is 9. The van der Waals surface area contributed by atoms with E-state index in [0.29, 0.717) is 5.75 Å². The van der Waals surface area contributed by atoms with Crippen molar-refractivity contribution in [2.24, 2.45) is 0 Å². The topological polar surface area (TPSA) is 163 Å². The molecule has 0 spiro atoms. The quantitative estimate of drug-likeness (QED) is 0.170. The zero-order valence-corrected chi connectivity index (χ0v) is 25.1. The number of ether oxygens (including phenoxy) is 3. The SMILES string of the molecule is COc1ccc(C(=O)NCCn2cc(C(=O)NC(Cc3ccccc3)C(=O)C(=O)NCc3ccccc3)nn2)c(OC)c1OC. The van der Waals surface area contributed by atoms with Crippen molar-refractivity contribution in [1.29, 1.82) is 0 Å². The Bertz CT molecular complexity index is 1630. The molecule has 0 aliphatic carbocycles. The van der Waals surface area contributed by atoms with Crippen molar-refractivity contribution in [3.8, 4) is 17.2 Å². The summed E-state index contributed by atoms with van der Waals surface area (Å²) in [6.45, 7) is 0.508. The van der Waals surface area contributed by atoms with E-state index >= 15 is 0 Å². The lowest BCUT2D eigenvalue weighted by Gasteiger charge is -2.17. The number of nitrogens with zero attached hydrogens (tertiary/aromatic N) is 3. The molecule has 3 amide bonds. The predicted octanol–water partition coefficient (Wildman–Crippen LogP) is 1.96. The minimum atomic E-state index is -1.14. The van der Waals surface area contributed by atoms with E-state index in [1.165, 1.54) is 32.2 Å². The van der Waals surface area contributed by atoms with E-state index in [0.717, 1.165) is 11.1 Å². The first-order valence-electron chi connectivity index (χ1n) is 14.0. The summed E-state index contributed by atoms with van der Waals surface area (Å²) in [6.07, 6.45) is 1.49. The Hall–Kier alpha value is -5.72. The van der Waals surface area contributed by atoms with Crippen LogP contribution in [0, 0.1) is 0 Å². The van der Waals surface area contributed by atoms with E-state index in [2.05, 4.69) is 26.3 Å². The van der Waals surface area contributed by atoms with Crippen LogP contribution in [0.5, 0.6) is 17.2 Å². The lowest BCUT2D eigenvalue weighted by atomic mass is 10.0. The highest BCUT2D eigenvalue weighted by atomic mass is 16.5. The van der Waals surface area contributed by atoms with Gasteiger partial charge in [0.1, 0.15) is 6.04 Å². The monoisotopic (exact) mass is 614 g/mol. The van der Waals surface area contributed by atoms with Crippen LogP contribution in [0.25, 0.3) is 0 Å². The number of benzene rings is 3. The number of ketones is 1. The molecule has 1 atom stereocenters. The third-order valence-electron chi connectivity index (χ3n) is 6.77. The molecule has 0 fully saturated rings. The van der Waals surface area contributed by atoms with Gasteiger partial charge < -0.3 is 30.2 Å². The van der Waals surface area contributed by atoms with Crippen LogP contribution in [0.3, 0.4) is 0 Å². The van der Waals surface area contributed by atoms with Gasteiger partial charge in [-0.1, -0.05) is 65.9 Å². The summed E-state index contributed by atoms with van der Waals surface area (Å²) >= 11 is 0. The van der Waals surface area contributed by atoms with Gasteiger partial charge in [-0.25, -0.2) is 4.68 Å². The van der Waals surface area contributed by atoms with E-state index in [9.17, 15) is 19.2 Å². The van der Waals surface area contributed by atoms with E-state index < -0.39 is 29.5 Å². The highest BCUT2D eigenvalue weighted by Crippen LogP contribution is 2.39. The third-order valence-corrected chi connectivity index (χ3v) is 6.77. The van der Waals surface area contributed by atoms with E-state index in [1.807, 2.05) is 36.4 Å². The summed E-state index contributed by atoms with van der Waals surface area (Å²) in [5.41, 5.74) is 1.78. The number of hydrogen-bond donors (Lipinski definition) is 3. The minimum absolute atomic E-state index is 0.0570. The number of aromatic nitrogens is 3. The first-order chi connectivity index (χ1) is 21.8. The molecule has 13 nitrogen and oxygen atoms in total. The van der Waals surface area contributed by atoms with E-state index in [-0.39, 0.29) is 48.8 Å². The molecule has 1 heterocycles. The van der Waals surface area contributed by atoms with Gasteiger partial charge >= 0.3 is 0 Å². The Morgan fingerprint density at radius 1 is 0.778 bits per heavy atom. The van der Waals surface area contributed by atoms with Crippen molar-refractivity contribution in [2.75, 3.05) is 27.9 Å². The number of nitrogens with one attached hydrogen (secondary N) is 3. The molecule has 0 aliphatic rings. The Morgan fingerprint density at radius 3 is 2.09 bits per heavy atom. The fraction of sp³-hybridized carbons (Fsp3) is 0.250. The highest BCUT2D eigenvalue weighted by molar-refractivity contribution is 6.38. The van der Waals surface area contributed by atoms with Gasteiger partial charge in [-0.2, -0.15) is 0 Å². The van der Waals surface area contributed by atoms with Crippen molar-refractivity contribution in [3.05, 3.63) is 101 Å². The van der Waals surface area contributed by atoms with Gasteiger partial charge in [-0.3, -0.25) is 19.2 Å². The van der Waals surface area contributed by atoms with Gasteiger partial charge in [0.25, 0.3) is 17.7 Å². The molecule has 234 valence electrons. The molecule has 0 saturated carbocycles. The summed E-state index contributed by atoms with van der Waals surface area (Å²) in [7, 11) is 4.35. The van der Waals surface area contributed by atoms with Gasteiger partial charge in [-0.15, -0.1) is 5.10 Å². The van der Waals surface area contributed by atoms with Crippen molar-refractivity contribution >= 4 is 23.5 Å². The van der Waals surface area contributed by atoms with E-state index in [1.54, 1.807) is 36.4 Å². The molecular formula is C32H34N6O7. The second-order valence-corrected chi connectivity index (χ2v) is 9.75. The number of carbonyl (C=O) groups is 4. The fourth-order valence-electron chi connectivity index (χ4n) is 4.49. The first kappa shape index (κ1) is 32.2. The molecule has 45 heavy (non-hydrogen) atoms. The van der Waals surface area contributed by atoms with Crippen molar-refractivity contribution < 1.29 is 33.4 Å². The van der Waals surface area contributed by atoms with Gasteiger partial charge in [0.05, 0.1) is 39.6 Å². The van der Waals surface area contributed by atoms with Crippen molar-refractivity contribution in [3.63, 3.8) is 0 Å². The highest BCUT2D eigenvalue weighted by Gasteiger charge is 2.28. The summed E-state index contributed by atoms with van der Waals surface area (Å²) in [4.78, 5) is 51.9. The summed E-state index contributed by atoms with van der Waals surface area (Å²) in [5.74, 6) is -1.77. The predicted molar refractivity (Wildman–Crippen MR) is 163 cm³/mol. The molecule has 0 aliphatic heterocycles. The van der Waals surface area contributed by atoms with Crippen LogP contribution in [-0.2, 0) is 29.1 Å². The molecule has 4 rings (SSSR count). The minimum Gasteiger partial charge on any atom is -0.493 e. The summed E-state index contributed by atoms with van der Waals surface area (Å²) < 4.78 is 17.3. The van der Waals surface area contributed by atoms with Crippen LogP contribution in [0.4, 0.5) is 0 Å². The standard InChI is InChI=1S/C32H34N6O7/c1-43-26-15-14-23(28(44-2)29(26)45-3)30(40)33-16-17-38-20-25(36-37-38)31(41)35-24(18-21-10-6-4-7-11-21)27(39)32(42)34-19-22-12-8-5-9-13-22/h4-15,20,24H,16-19H2,1-3H3,(H,33,40)(H,34,42)(H,35,41). The average Bonchev–Trinajstić information content (AvgIpc) is 3.55. The maximum Gasteiger partial charge on any atom is 0.289 e. The number of carbonyl (C=O) groups excluding carboxylic acids is 4. The van der Waals surface area contributed by atoms with Crippen molar-refractivity contribution in [2.45, 2.75) is 25.6 Å². The molecule has 3 N–H and O–H groups in total. The molecule has 0 bridgehead atoms. The Balaban J connectivity index is 1.37. The summed E-state index contributed by atoms with van der Waals surface area (Å²) in [6, 6.07) is 20.2. The van der Waals surface area contributed by atoms with Gasteiger partial charge in [0, 0.05) is 19.5 Å². The van der Waals surface area contributed by atoms with Crippen LogP contribution < -0.4 is 30.2 Å². The molecule has 0 radical (unpaired) electrons. The molecule has 1 aromatic heterocycles. The molecule has 0 saturated heterocycles. The molecule has 3 aromatic carbocycles. The van der Waals surface area contributed by atoms with Crippen LogP contribution in [0.1, 0.15) is 32.0 Å².